The third-order valence-corrected chi connectivity index (χ3v) is 31.4. The molecule has 0 bridgehead atoms. The number of likely N-dealkylation sites (tertiary alicyclic amines) is 1. The molecule has 148 heavy (non-hydrogen) atoms. The molecule has 1 saturated heterocycles. The van der Waals surface area contributed by atoms with Crippen molar-refractivity contribution in [3.05, 3.63) is 418 Å². The van der Waals surface area contributed by atoms with Gasteiger partial charge in [-0.3, -0.25) is 24.6 Å². The summed E-state index contributed by atoms with van der Waals surface area (Å²) in [4.78, 5) is 76.9. The maximum atomic E-state index is 14.9. The number of thiophene rings is 5. The van der Waals surface area contributed by atoms with Gasteiger partial charge in [0.15, 0.2) is 0 Å². The zero-order valence-corrected chi connectivity index (χ0v) is 85.0. The molecule has 16 heterocycles. The summed E-state index contributed by atoms with van der Waals surface area (Å²) in [6.07, 6.45) is 30.1. The third kappa shape index (κ3) is 22.7. The Balaban J connectivity index is 0.000000117. The lowest BCUT2D eigenvalue weighted by molar-refractivity contribution is -0.114. The molecule has 1 aliphatic heterocycles. The quantitative estimate of drug-likeness (QED) is 0.0253. The van der Waals surface area contributed by atoms with Crippen LogP contribution in [0.4, 0.5) is 19.0 Å². The van der Waals surface area contributed by atoms with Crippen LogP contribution in [0.15, 0.2) is 330 Å². The summed E-state index contributed by atoms with van der Waals surface area (Å²) in [6.45, 7) is 2.47. The maximum absolute atomic E-state index is 14.9. The van der Waals surface area contributed by atoms with Crippen LogP contribution in [0.25, 0.3) is 127 Å². The number of nitrogens with zero attached hydrogens (tertiary/aromatic N) is 12. The van der Waals surface area contributed by atoms with E-state index in [-0.39, 0.29) is 57.1 Å². The van der Waals surface area contributed by atoms with Crippen molar-refractivity contribution in [3.8, 4) is 117 Å². The van der Waals surface area contributed by atoms with Gasteiger partial charge in [0.1, 0.15) is 88.3 Å². The molecule has 6 atom stereocenters. The fourth-order valence-corrected chi connectivity index (χ4v) is 23.8. The molecule has 7 aromatic carbocycles. The number of nitrogens with one attached hydrogen (secondary N) is 6. The maximum Gasteiger partial charge on any atom is 0.222 e. The molecular weight excluding hydrogens is 2040 g/mol. The fraction of sp³-hybridized carbons (Fsp3) is 0.117. The Morgan fingerprint density at radius 1 is 0.412 bits per heavy atom. The van der Waals surface area contributed by atoms with Crippen molar-refractivity contribution in [2.45, 2.75) is 56.3 Å². The number of aromatic amines is 5. The van der Waals surface area contributed by atoms with E-state index in [1.54, 1.807) is 146 Å². The van der Waals surface area contributed by atoms with Crippen molar-refractivity contribution >= 4 is 125 Å². The molecule has 1 fully saturated rings. The van der Waals surface area contributed by atoms with Gasteiger partial charge in [0.05, 0.1) is 73.7 Å². The van der Waals surface area contributed by atoms with Crippen molar-refractivity contribution < 1.29 is 53.0 Å². The number of methoxy groups -OCH3 is 2. The summed E-state index contributed by atoms with van der Waals surface area (Å²) in [6, 6.07) is 64.9. The first kappa shape index (κ1) is 101. The molecule has 37 heteroatoms. The van der Waals surface area contributed by atoms with Gasteiger partial charge in [-0.2, -0.15) is 10.2 Å². The number of amides is 1. The molecule has 5 unspecified atom stereocenters. The molecule has 0 saturated carbocycles. The van der Waals surface area contributed by atoms with Gasteiger partial charge in [-0.25, -0.2) is 43.1 Å². The van der Waals surface area contributed by atoms with Gasteiger partial charge in [-0.1, -0.05) is 114 Å². The van der Waals surface area contributed by atoms with Crippen LogP contribution in [-0.4, -0.2) is 150 Å². The Morgan fingerprint density at radius 3 is 1.28 bits per heavy atom. The summed E-state index contributed by atoms with van der Waals surface area (Å²) < 4.78 is 54.4. The van der Waals surface area contributed by atoms with Crippen LogP contribution >= 0.6 is 91.5 Å². The normalized spacial score (nSPS) is 13.4. The minimum Gasteiger partial charge on any atom is -0.495 e. The Kier molecular flexibility index (Phi) is 32.0. The van der Waals surface area contributed by atoms with Crippen LogP contribution in [0, 0.1) is 17.5 Å². The van der Waals surface area contributed by atoms with Gasteiger partial charge in [-0.05, 0) is 213 Å². The minimum absolute atomic E-state index is 0.0614. The number of pyridine rings is 4. The second kappa shape index (κ2) is 46.7. The molecule has 0 spiro atoms. The van der Waals surface area contributed by atoms with Gasteiger partial charge in [0, 0.05) is 192 Å². The highest BCUT2D eigenvalue weighted by Crippen LogP contribution is 2.51. The summed E-state index contributed by atoms with van der Waals surface area (Å²) in [5, 5.41) is 70.0. The molecule has 1 amide bonds. The average Bonchev–Trinajstić information content (AvgIpc) is 1.50. The summed E-state index contributed by atoms with van der Waals surface area (Å²) in [5.41, 5.74) is 10.8. The average molecular weight is 2130 g/mol. The first-order chi connectivity index (χ1) is 72.2. The van der Waals surface area contributed by atoms with Crippen LogP contribution in [-0.2, 0) is 4.79 Å². The fourth-order valence-electron chi connectivity index (χ4n) is 17.4. The molecule has 11 N–H and O–H groups in total. The van der Waals surface area contributed by atoms with Crippen LogP contribution in [0.3, 0.4) is 0 Å². The number of ether oxygens (including phenoxy) is 2. The van der Waals surface area contributed by atoms with E-state index in [0.29, 0.717) is 61.0 Å². The number of benzene rings is 7. The van der Waals surface area contributed by atoms with Crippen molar-refractivity contribution in [2.24, 2.45) is 0 Å². The second-order valence-corrected chi connectivity index (χ2v) is 40.2. The van der Waals surface area contributed by atoms with Gasteiger partial charge < -0.3 is 65.2 Å². The van der Waals surface area contributed by atoms with Gasteiger partial charge in [0.25, 0.3) is 0 Å². The first-order valence-electron chi connectivity index (χ1n) is 46.2. The predicted molar refractivity (Wildman–Crippen MR) is 578 cm³/mol. The Morgan fingerprint density at radius 2 is 0.824 bits per heavy atom. The van der Waals surface area contributed by atoms with Crippen LogP contribution in [0.2, 0.25) is 15.1 Å². The topological polar surface area (TPSA) is 373 Å². The standard InChI is InChI=1S/C26H26ClN5O2S.C23H16FN3OS.C23H17N3OS.C20H15ClFN3O2S.C19H14ClFN4O2S/c1-16(34)31-23-13-18(8-9-28-23)22-14-21(25(35-22)26-29-10-11-30-26)24(17-4-6-19(27)7-5-17)32-12-2-3-20(32)15-33;24-18-6-5-14-3-1-2-4-16(14)20(18)21(28)17-13-19(15-7-9-25-10-8-15)29-22(17)23-26-11-12-27-23;27-21(18-6-5-15-3-1-2-4-17(15)13-18)19-14-20(16-7-9-24-10-8-16)28-22(19)23-25-11-12-26-23;1-27-16-8-12(15(22)10-14(16)21)18(26)13-9-17(11-2-4-23-5-3-11)28-19(13)20-24-6-7-25-20;1-27-15-6-11(14(21)8-13(15)20)17(26)12-7-16(10-2-3-24-25-9-10)28-18(12)19-22-4-5-23-19/h4-11,13-14,20,24,33H,2-3,12,15H2,1H3,(H,29,30)(H,28,31,34);1-13,21,28H,(H,26,27);1-14,21,27H,(H,25,26);2-10,18,26H,1H3,(H,24,25);2-9,17,26H,1H3,(H,22,23)/t20-,24?;;;;/m1..../s1. The predicted octanol–water partition coefficient (Wildman–Crippen LogP) is 25.9. The van der Waals surface area contributed by atoms with E-state index in [4.69, 9.17) is 44.3 Å². The highest BCUT2D eigenvalue weighted by Gasteiger charge is 2.37. The van der Waals surface area contributed by atoms with E-state index in [9.17, 15) is 43.5 Å². The molecule has 23 rings (SSSR count). The minimum atomic E-state index is -1.24. The Hall–Kier alpha value is -15.2. The smallest absolute Gasteiger partial charge is 0.222 e. The van der Waals surface area contributed by atoms with Crippen molar-refractivity contribution in [1.29, 1.82) is 0 Å². The van der Waals surface area contributed by atoms with Crippen molar-refractivity contribution in [1.82, 2.24) is 84.9 Å². The number of aliphatic hydroxyl groups is 5. The number of fused-ring (bicyclic) bond motifs is 2. The number of carbonyl (C=O) groups is 1. The molecule has 742 valence electrons. The number of anilines is 1. The number of carbonyl (C=O) groups excluding carboxylic acids is 1. The van der Waals surface area contributed by atoms with E-state index < -0.39 is 41.9 Å². The number of aliphatic hydroxyl groups excluding tert-OH is 5. The van der Waals surface area contributed by atoms with Gasteiger partial charge in [-0.15, -0.1) is 56.7 Å². The lowest BCUT2D eigenvalue weighted by Crippen LogP contribution is -2.36. The van der Waals surface area contributed by atoms with E-state index in [2.05, 4.69) is 139 Å². The first-order valence-corrected chi connectivity index (χ1v) is 51.4. The highest BCUT2D eigenvalue weighted by atomic mass is 35.5. The number of H-pyrrole nitrogens is 5. The van der Waals surface area contributed by atoms with E-state index in [1.807, 2.05) is 128 Å². The molecule has 26 nitrogen and oxygen atoms in total. The number of imidazole rings is 5. The molecular formula is C111H88Cl3F3N18O8S5. The lowest BCUT2D eigenvalue weighted by Gasteiger charge is -2.33. The SMILES string of the molecule is CC(=O)Nc1cc(-c2cc(C(c3ccc(Cl)cc3)N3CCC[C@@H]3CO)c(-c3ncc[nH]3)s2)ccn1.COc1cc(C(O)c2cc(-c3ccncc3)sc2-c2ncc[nH]2)c(F)cc1Cl.COc1cc(C(O)c2cc(-c3ccnnc3)sc2-c2ncc[nH]2)c(F)cc1Cl.OC(c1cc(-c2ccncc2)sc1-c1ncc[nH]1)c1c(F)ccc2ccccc12.OC(c1ccc2ccccc2c1)c1cc(-c2ccncc2)sc1-c1ncc[nH]1. The number of aromatic nitrogens is 16. The molecule has 22 aromatic rings. The van der Waals surface area contributed by atoms with Gasteiger partial charge in [0.2, 0.25) is 5.91 Å². The molecule has 0 radical (unpaired) electrons. The third-order valence-electron chi connectivity index (χ3n) is 24.5. The van der Waals surface area contributed by atoms with E-state index in [1.165, 1.54) is 73.4 Å². The molecule has 15 aromatic heterocycles. The van der Waals surface area contributed by atoms with Crippen LogP contribution in [0.5, 0.6) is 11.5 Å². The second-order valence-electron chi connectivity index (χ2n) is 33.7. The largest absolute Gasteiger partial charge is 0.495 e. The Labute approximate surface area is 880 Å². The number of rotatable bonds is 25. The summed E-state index contributed by atoms with van der Waals surface area (Å²) in [5.74, 6) is 2.64. The lowest BCUT2D eigenvalue weighted by atomic mass is 9.95. The van der Waals surface area contributed by atoms with Crippen molar-refractivity contribution in [3.63, 3.8) is 0 Å². The van der Waals surface area contributed by atoms with Gasteiger partial charge >= 0.3 is 0 Å². The van der Waals surface area contributed by atoms with Crippen molar-refractivity contribution in [2.75, 3.05) is 32.7 Å². The summed E-state index contributed by atoms with van der Waals surface area (Å²) in [7, 11) is 2.87. The molecule has 1 aliphatic rings. The zero-order chi connectivity index (χ0) is 102. The van der Waals surface area contributed by atoms with E-state index >= 15 is 0 Å². The highest BCUT2D eigenvalue weighted by molar-refractivity contribution is 7.20. The number of halogens is 6. The molecule has 0 aliphatic carbocycles. The zero-order valence-electron chi connectivity index (χ0n) is 78.6. The summed E-state index contributed by atoms with van der Waals surface area (Å²) >= 11 is 25.8. The number of hydrogen-bond acceptors (Lipinski definition) is 25. The van der Waals surface area contributed by atoms with Crippen LogP contribution in [0.1, 0.15) is 106 Å². The van der Waals surface area contributed by atoms with E-state index in [0.717, 1.165) is 153 Å². The monoisotopic (exact) mass is 2120 g/mol. The van der Waals surface area contributed by atoms with Crippen LogP contribution < -0.4 is 14.8 Å². The number of hydrogen-bond donors (Lipinski definition) is 11. The Bertz CT molecular complexity index is 8070.